The fourth-order valence-electron chi connectivity index (χ4n) is 8.12. The van der Waals surface area contributed by atoms with Crippen LogP contribution in [-0.4, -0.2) is 37.2 Å². The third-order valence-electron chi connectivity index (χ3n) is 12.1. The molecule has 6 heteroatoms. The Labute approximate surface area is 374 Å². The van der Waals surface area contributed by atoms with Gasteiger partial charge < -0.3 is 14.2 Å². The van der Waals surface area contributed by atoms with Gasteiger partial charge in [-0.1, -0.05) is 253 Å². The normalized spacial score (nSPS) is 12.2. The van der Waals surface area contributed by atoms with Crippen molar-refractivity contribution in [3.8, 4) is 0 Å². The van der Waals surface area contributed by atoms with Gasteiger partial charge in [0, 0.05) is 19.3 Å². The van der Waals surface area contributed by atoms with Crippen LogP contribution in [0.3, 0.4) is 0 Å². The number of hydrogen-bond donors (Lipinski definition) is 0. The van der Waals surface area contributed by atoms with Gasteiger partial charge >= 0.3 is 17.9 Å². The molecule has 0 bridgehead atoms. The predicted octanol–water partition coefficient (Wildman–Crippen LogP) is 17.2. The van der Waals surface area contributed by atoms with E-state index in [1.807, 2.05) is 0 Å². The first-order valence-electron chi connectivity index (χ1n) is 26.6. The van der Waals surface area contributed by atoms with Gasteiger partial charge in [-0.15, -0.1) is 0 Å². The van der Waals surface area contributed by atoms with E-state index >= 15 is 0 Å². The summed E-state index contributed by atoms with van der Waals surface area (Å²) in [6.07, 6.45) is 45.2. The van der Waals surface area contributed by atoms with Crippen LogP contribution in [-0.2, 0) is 28.6 Å². The van der Waals surface area contributed by atoms with Gasteiger partial charge in [0.2, 0.25) is 0 Å². The average molecular weight is 849 g/mol. The molecule has 0 heterocycles. The van der Waals surface area contributed by atoms with Crippen molar-refractivity contribution in [1.82, 2.24) is 0 Å². The van der Waals surface area contributed by atoms with Gasteiger partial charge in [0.25, 0.3) is 0 Å². The van der Waals surface area contributed by atoms with Crippen LogP contribution in [0, 0.1) is 17.8 Å². The van der Waals surface area contributed by atoms with E-state index < -0.39 is 6.10 Å². The van der Waals surface area contributed by atoms with E-state index in [4.69, 9.17) is 14.2 Å². The second kappa shape index (κ2) is 45.4. The average Bonchev–Trinajstić information content (AvgIpc) is 3.20. The van der Waals surface area contributed by atoms with E-state index in [2.05, 4.69) is 41.5 Å². The van der Waals surface area contributed by atoms with Gasteiger partial charge in [0.15, 0.2) is 6.10 Å². The van der Waals surface area contributed by atoms with Crippen molar-refractivity contribution in [3.05, 3.63) is 0 Å². The second-order valence-electron chi connectivity index (χ2n) is 19.9. The van der Waals surface area contributed by atoms with Crippen molar-refractivity contribution >= 4 is 17.9 Å². The zero-order chi connectivity index (χ0) is 44.2. The summed E-state index contributed by atoms with van der Waals surface area (Å²) in [6, 6.07) is 0. The number of esters is 3. The fourth-order valence-corrected chi connectivity index (χ4v) is 8.12. The summed E-state index contributed by atoms with van der Waals surface area (Å²) in [5.41, 5.74) is 0. The van der Waals surface area contributed by atoms with Crippen LogP contribution in [0.5, 0.6) is 0 Å². The minimum Gasteiger partial charge on any atom is -0.462 e. The minimum absolute atomic E-state index is 0.0647. The van der Waals surface area contributed by atoms with Crippen LogP contribution in [0.2, 0.25) is 0 Å². The van der Waals surface area contributed by atoms with Crippen molar-refractivity contribution in [2.45, 2.75) is 298 Å². The molecule has 0 fully saturated rings. The van der Waals surface area contributed by atoms with Gasteiger partial charge in [0.1, 0.15) is 13.2 Å². The molecule has 0 aliphatic carbocycles. The predicted molar refractivity (Wildman–Crippen MR) is 256 cm³/mol. The van der Waals surface area contributed by atoms with Crippen LogP contribution < -0.4 is 0 Å². The fraction of sp³-hybridized carbons (Fsp3) is 0.944. The molecule has 0 aliphatic rings. The van der Waals surface area contributed by atoms with Gasteiger partial charge in [-0.05, 0) is 37.0 Å². The lowest BCUT2D eigenvalue weighted by Crippen LogP contribution is -2.30. The summed E-state index contributed by atoms with van der Waals surface area (Å²) in [5.74, 6) is 1.62. The summed E-state index contributed by atoms with van der Waals surface area (Å²) >= 11 is 0. The summed E-state index contributed by atoms with van der Waals surface area (Å²) < 4.78 is 16.8. The highest BCUT2D eigenvalue weighted by atomic mass is 16.6. The summed E-state index contributed by atoms with van der Waals surface area (Å²) in [7, 11) is 0. The van der Waals surface area contributed by atoms with E-state index in [1.54, 1.807) is 0 Å². The first-order valence-corrected chi connectivity index (χ1v) is 26.6. The maximum atomic E-state index is 12.8. The van der Waals surface area contributed by atoms with Crippen molar-refractivity contribution in [2.75, 3.05) is 13.2 Å². The topological polar surface area (TPSA) is 78.9 Å². The largest absolute Gasteiger partial charge is 0.462 e. The lowest BCUT2D eigenvalue weighted by atomic mass is 10.0. The van der Waals surface area contributed by atoms with Crippen molar-refractivity contribution in [3.63, 3.8) is 0 Å². The highest BCUT2D eigenvalue weighted by Crippen LogP contribution is 2.18. The van der Waals surface area contributed by atoms with Crippen LogP contribution in [0.1, 0.15) is 292 Å². The number of carbonyl (C=O) groups excluding carboxylic acids is 3. The summed E-state index contributed by atoms with van der Waals surface area (Å²) in [5, 5.41) is 0. The molecule has 1 atom stereocenters. The molecule has 0 aromatic rings. The Morgan fingerprint density at radius 3 is 0.717 bits per heavy atom. The molecule has 0 aromatic carbocycles. The summed E-state index contributed by atoms with van der Waals surface area (Å²) in [4.78, 5) is 38.0. The van der Waals surface area contributed by atoms with Crippen molar-refractivity contribution in [1.29, 1.82) is 0 Å². The number of hydrogen-bond acceptors (Lipinski definition) is 6. The second-order valence-corrected chi connectivity index (χ2v) is 19.9. The van der Waals surface area contributed by atoms with E-state index in [-0.39, 0.29) is 31.1 Å². The quantitative estimate of drug-likeness (QED) is 0.0345. The van der Waals surface area contributed by atoms with Crippen molar-refractivity contribution < 1.29 is 28.6 Å². The lowest BCUT2D eigenvalue weighted by molar-refractivity contribution is -0.167. The molecule has 60 heavy (non-hydrogen) atoms. The first kappa shape index (κ1) is 58.4. The molecule has 0 rings (SSSR count). The maximum Gasteiger partial charge on any atom is 0.306 e. The molecule has 0 spiro atoms. The van der Waals surface area contributed by atoms with E-state index in [9.17, 15) is 14.4 Å². The molecular formula is C54H104O6. The SMILES string of the molecule is CC(C)CCCCCCCCCCCCCCCCC(=O)O[C@@H](COC(=O)CCCCCCCCCCCCC(C)C)COC(=O)CCCCCCCCCCCC(C)C. The number of carbonyl (C=O) groups is 3. The van der Waals surface area contributed by atoms with Gasteiger partial charge in [-0.25, -0.2) is 0 Å². The smallest absolute Gasteiger partial charge is 0.306 e. The van der Waals surface area contributed by atoms with Crippen LogP contribution >= 0.6 is 0 Å². The zero-order valence-corrected chi connectivity index (χ0v) is 41.3. The Morgan fingerprint density at radius 2 is 0.483 bits per heavy atom. The summed E-state index contributed by atoms with van der Waals surface area (Å²) in [6.45, 7) is 13.7. The molecular weight excluding hydrogens is 745 g/mol. The van der Waals surface area contributed by atoms with Crippen molar-refractivity contribution in [2.24, 2.45) is 17.8 Å². The Hall–Kier alpha value is -1.59. The molecule has 0 unspecified atom stereocenters. The molecule has 6 nitrogen and oxygen atoms in total. The molecule has 0 aromatic heterocycles. The third-order valence-corrected chi connectivity index (χ3v) is 12.1. The van der Waals surface area contributed by atoms with E-state index in [1.165, 1.54) is 173 Å². The number of rotatable bonds is 47. The highest BCUT2D eigenvalue weighted by Gasteiger charge is 2.19. The number of unbranched alkanes of at least 4 members (excludes halogenated alkanes) is 30. The molecule has 356 valence electrons. The molecule has 0 saturated carbocycles. The lowest BCUT2D eigenvalue weighted by Gasteiger charge is -2.18. The monoisotopic (exact) mass is 849 g/mol. The van der Waals surface area contributed by atoms with Gasteiger partial charge in [-0.2, -0.15) is 0 Å². The number of ether oxygens (including phenoxy) is 3. The van der Waals surface area contributed by atoms with Gasteiger partial charge in [0.05, 0.1) is 0 Å². The Bertz CT molecular complexity index is 929. The molecule has 0 amide bonds. The molecule has 0 N–H and O–H groups in total. The highest BCUT2D eigenvalue weighted by molar-refractivity contribution is 5.71. The minimum atomic E-state index is -0.763. The zero-order valence-electron chi connectivity index (χ0n) is 41.3. The first-order chi connectivity index (χ1) is 29.1. The molecule has 0 radical (unpaired) electrons. The van der Waals surface area contributed by atoms with E-state index in [0.717, 1.165) is 75.5 Å². The Kier molecular flexibility index (Phi) is 44.2. The van der Waals surface area contributed by atoms with E-state index in [0.29, 0.717) is 19.3 Å². The third kappa shape index (κ3) is 47.5. The Morgan fingerprint density at radius 1 is 0.283 bits per heavy atom. The Balaban J connectivity index is 4.31. The standard InChI is InChI=1S/C54H104O6/c1-48(2)40-34-28-22-16-11-9-7-8-10-12-20-27-33-39-45-54(57)60-51(47-59-53(56)44-38-32-26-21-15-18-24-30-36-42-50(5)6)46-58-52(55)43-37-31-25-19-14-13-17-23-29-35-41-49(3)4/h48-51H,7-47H2,1-6H3/t51-/m0/s1. The van der Waals surface area contributed by atoms with Crippen LogP contribution in [0.15, 0.2) is 0 Å². The van der Waals surface area contributed by atoms with Gasteiger partial charge in [-0.3, -0.25) is 14.4 Å². The molecule has 0 saturated heterocycles. The maximum absolute atomic E-state index is 12.8. The molecule has 0 aliphatic heterocycles. The van der Waals surface area contributed by atoms with Crippen LogP contribution in [0.25, 0.3) is 0 Å². The van der Waals surface area contributed by atoms with Crippen LogP contribution in [0.4, 0.5) is 0 Å².